The van der Waals surface area contributed by atoms with Gasteiger partial charge in [0.25, 0.3) is 10.0 Å². The van der Waals surface area contributed by atoms with Gasteiger partial charge in [0.05, 0.1) is 0 Å². The average molecular weight is 444 g/mol. The van der Waals surface area contributed by atoms with Gasteiger partial charge in [0.1, 0.15) is 16.4 Å². The lowest BCUT2D eigenvalue weighted by atomic mass is 9.63. The van der Waals surface area contributed by atoms with Crippen molar-refractivity contribution < 1.29 is 22.7 Å². The number of fused-ring (bicyclic) bond motifs is 2. The number of hydrogen-bond acceptors (Lipinski definition) is 4. The molecule has 0 amide bonds. The zero-order valence-electron chi connectivity index (χ0n) is 18.3. The molecule has 0 aromatic heterocycles. The normalized spacial score (nSPS) is 20.8. The molecule has 31 heavy (non-hydrogen) atoms. The summed E-state index contributed by atoms with van der Waals surface area (Å²) in [6.45, 7) is 8.62. The Bertz CT molecular complexity index is 1260. The van der Waals surface area contributed by atoms with Gasteiger partial charge in [-0.25, -0.2) is 12.8 Å². The maximum atomic E-state index is 13.7. The van der Waals surface area contributed by atoms with Crippen LogP contribution in [0.25, 0.3) is 5.76 Å². The van der Waals surface area contributed by atoms with Crippen molar-refractivity contribution in [3.05, 3.63) is 70.2 Å². The summed E-state index contributed by atoms with van der Waals surface area (Å²) in [5.41, 5.74) is 1.95. The molecular formula is C24H26FNO4S. The molecule has 4 rings (SSSR count). The minimum absolute atomic E-state index is 0.0260. The van der Waals surface area contributed by atoms with Crippen LogP contribution in [0.1, 0.15) is 67.6 Å². The maximum absolute atomic E-state index is 13.7. The summed E-state index contributed by atoms with van der Waals surface area (Å²) in [4.78, 5) is 13.1. The molecule has 0 saturated heterocycles. The molecule has 0 unspecified atom stereocenters. The van der Waals surface area contributed by atoms with E-state index in [0.717, 1.165) is 34.8 Å². The lowest BCUT2D eigenvalue weighted by Crippen LogP contribution is -2.36. The quantitative estimate of drug-likeness (QED) is 0.669. The van der Waals surface area contributed by atoms with E-state index in [1.54, 1.807) is 6.07 Å². The zero-order valence-corrected chi connectivity index (χ0v) is 19.1. The minimum atomic E-state index is -4.18. The van der Waals surface area contributed by atoms with E-state index in [1.807, 2.05) is 12.1 Å². The standard InChI is InChI=1S/C24H26FNO4S/c1-23(2)10-11-24(3,4)18-12-14(6-9-17(18)23)21(27)20-22(28)16-8-7-15(25)13-19(16)31(29,30)26(20)5/h6-9,12-13,28H,10-11H2,1-5H3. The van der Waals surface area contributed by atoms with Crippen molar-refractivity contribution in [3.8, 4) is 0 Å². The van der Waals surface area contributed by atoms with Gasteiger partial charge in [0.2, 0.25) is 5.78 Å². The smallest absolute Gasteiger partial charge is 0.265 e. The lowest BCUT2D eigenvalue weighted by molar-refractivity contribution is 0.101. The number of ketones is 1. The van der Waals surface area contributed by atoms with E-state index in [9.17, 15) is 22.7 Å². The number of sulfonamides is 1. The summed E-state index contributed by atoms with van der Waals surface area (Å²) >= 11 is 0. The third kappa shape index (κ3) is 3.17. The van der Waals surface area contributed by atoms with E-state index in [4.69, 9.17) is 0 Å². The van der Waals surface area contributed by atoms with Gasteiger partial charge in [0.15, 0.2) is 5.76 Å². The zero-order chi connectivity index (χ0) is 22.9. The SMILES string of the molecule is CN1C(C(=O)c2ccc3c(c2)C(C)(C)CCC3(C)C)=C(O)c2ccc(F)cc2S1(=O)=O. The molecule has 2 aliphatic rings. The molecule has 2 aromatic rings. The molecule has 0 atom stereocenters. The van der Waals surface area contributed by atoms with Crippen LogP contribution in [0.4, 0.5) is 4.39 Å². The van der Waals surface area contributed by atoms with Crippen LogP contribution in [0.2, 0.25) is 0 Å². The Kier molecular flexibility index (Phi) is 4.63. The van der Waals surface area contributed by atoms with Crippen LogP contribution in [0.3, 0.4) is 0 Å². The summed E-state index contributed by atoms with van der Waals surface area (Å²) in [5, 5.41) is 10.8. The number of allylic oxidation sites excluding steroid dienone is 1. The molecule has 0 bridgehead atoms. The predicted molar refractivity (Wildman–Crippen MR) is 117 cm³/mol. The highest BCUT2D eigenvalue weighted by atomic mass is 32.2. The van der Waals surface area contributed by atoms with Gasteiger partial charge in [-0.15, -0.1) is 0 Å². The Morgan fingerprint density at radius 3 is 2.26 bits per heavy atom. The van der Waals surface area contributed by atoms with Crippen molar-refractivity contribution in [1.29, 1.82) is 0 Å². The van der Waals surface area contributed by atoms with Crippen LogP contribution in [0, 0.1) is 5.82 Å². The van der Waals surface area contributed by atoms with E-state index >= 15 is 0 Å². The van der Waals surface area contributed by atoms with Crippen molar-refractivity contribution in [2.45, 2.75) is 56.3 Å². The van der Waals surface area contributed by atoms with Crippen molar-refractivity contribution in [2.75, 3.05) is 7.05 Å². The first-order valence-electron chi connectivity index (χ1n) is 10.2. The molecule has 5 nitrogen and oxygen atoms in total. The van der Waals surface area contributed by atoms with Crippen LogP contribution in [-0.2, 0) is 20.9 Å². The fourth-order valence-corrected chi connectivity index (χ4v) is 5.98. The molecule has 0 radical (unpaired) electrons. The lowest BCUT2D eigenvalue weighted by Gasteiger charge is -2.42. The Morgan fingerprint density at radius 2 is 1.61 bits per heavy atom. The molecule has 164 valence electrons. The second kappa shape index (κ2) is 6.66. The predicted octanol–water partition coefficient (Wildman–Crippen LogP) is 4.92. The summed E-state index contributed by atoms with van der Waals surface area (Å²) in [6.07, 6.45) is 1.99. The van der Waals surface area contributed by atoms with Crippen LogP contribution in [-0.4, -0.2) is 30.7 Å². The number of aliphatic hydroxyl groups is 1. The molecule has 0 saturated carbocycles. The molecular weight excluding hydrogens is 417 g/mol. The monoisotopic (exact) mass is 443 g/mol. The van der Waals surface area contributed by atoms with Gasteiger partial charge < -0.3 is 5.11 Å². The highest BCUT2D eigenvalue weighted by Gasteiger charge is 2.40. The second-order valence-corrected chi connectivity index (χ2v) is 11.6. The number of aliphatic hydroxyl groups excluding tert-OH is 1. The molecule has 2 aromatic carbocycles. The Balaban J connectivity index is 1.89. The minimum Gasteiger partial charge on any atom is -0.505 e. The fourth-order valence-electron chi connectivity index (χ4n) is 4.57. The first-order valence-corrected chi connectivity index (χ1v) is 11.6. The van der Waals surface area contributed by atoms with Crippen molar-refractivity contribution >= 4 is 21.6 Å². The van der Waals surface area contributed by atoms with Gasteiger partial charge in [-0.2, -0.15) is 0 Å². The number of likely N-dealkylation sites (N-methyl/N-ethyl adjacent to an activating group) is 1. The number of hydrogen-bond donors (Lipinski definition) is 1. The number of carbonyl (C=O) groups excluding carboxylic acids is 1. The van der Waals surface area contributed by atoms with Crippen LogP contribution in [0.15, 0.2) is 47.0 Å². The molecule has 0 fully saturated rings. The molecule has 7 heteroatoms. The third-order valence-corrected chi connectivity index (χ3v) is 8.50. The number of nitrogens with zero attached hydrogens (tertiary/aromatic N) is 1. The number of carbonyl (C=O) groups is 1. The summed E-state index contributed by atoms with van der Waals surface area (Å²) < 4.78 is 40.3. The van der Waals surface area contributed by atoms with Crippen molar-refractivity contribution in [1.82, 2.24) is 4.31 Å². The van der Waals surface area contributed by atoms with Crippen molar-refractivity contribution in [2.24, 2.45) is 0 Å². The van der Waals surface area contributed by atoms with Gasteiger partial charge in [-0.05, 0) is 59.1 Å². The van der Waals surface area contributed by atoms with Gasteiger partial charge in [-0.3, -0.25) is 9.10 Å². The largest absolute Gasteiger partial charge is 0.505 e. The Hall–Kier alpha value is -2.67. The average Bonchev–Trinajstić information content (AvgIpc) is 2.70. The van der Waals surface area contributed by atoms with Gasteiger partial charge in [-0.1, -0.05) is 39.8 Å². The number of halogens is 1. The van der Waals surface area contributed by atoms with E-state index < -0.39 is 27.4 Å². The topological polar surface area (TPSA) is 74.7 Å². The summed E-state index contributed by atoms with van der Waals surface area (Å²) in [5.74, 6) is -1.81. The summed E-state index contributed by atoms with van der Waals surface area (Å²) in [6, 6.07) is 8.52. The van der Waals surface area contributed by atoms with E-state index in [-0.39, 0.29) is 27.0 Å². The van der Waals surface area contributed by atoms with Crippen LogP contribution in [0.5, 0.6) is 0 Å². The van der Waals surface area contributed by atoms with Gasteiger partial charge in [0, 0.05) is 18.2 Å². The number of benzene rings is 2. The van der Waals surface area contributed by atoms with E-state index in [0.29, 0.717) is 5.56 Å². The van der Waals surface area contributed by atoms with Crippen LogP contribution < -0.4 is 0 Å². The fraction of sp³-hybridized carbons (Fsp3) is 0.375. The highest BCUT2D eigenvalue weighted by molar-refractivity contribution is 7.89. The highest BCUT2D eigenvalue weighted by Crippen LogP contribution is 2.46. The first-order chi connectivity index (χ1) is 14.3. The maximum Gasteiger partial charge on any atom is 0.265 e. The number of Topliss-reactive ketones (excluding diaryl/α,β-unsaturated/α-hetero) is 1. The van der Waals surface area contributed by atoms with E-state index in [2.05, 4.69) is 27.7 Å². The second-order valence-electron chi connectivity index (χ2n) is 9.67. The van der Waals surface area contributed by atoms with E-state index in [1.165, 1.54) is 18.7 Å². The molecule has 0 spiro atoms. The number of rotatable bonds is 2. The summed E-state index contributed by atoms with van der Waals surface area (Å²) in [7, 11) is -2.99. The molecule has 1 N–H and O–H groups in total. The molecule has 1 heterocycles. The first kappa shape index (κ1) is 21.6. The van der Waals surface area contributed by atoms with Gasteiger partial charge >= 0.3 is 0 Å². The van der Waals surface area contributed by atoms with Crippen LogP contribution >= 0.6 is 0 Å². The Morgan fingerprint density at radius 1 is 1.00 bits per heavy atom. The molecule has 1 aliphatic heterocycles. The molecule has 1 aliphatic carbocycles. The Labute approximate surface area is 182 Å². The third-order valence-electron chi connectivity index (χ3n) is 6.71. The van der Waals surface area contributed by atoms with Crippen molar-refractivity contribution in [3.63, 3.8) is 0 Å².